The fourth-order valence-electron chi connectivity index (χ4n) is 8.09. The molecule has 0 aromatic heterocycles. The maximum Gasteiger partial charge on any atom is 0.139 e. The lowest BCUT2D eigenvalue weighted by molar-refractivity contribution is -0.172. The number of rotatable bonds is 2. The molecule has 8 atom stereocenters. The fraction of sp³-hybridized carbons (Fsp3) is 0.875. The number of carbonyl (C=O) groups excluding carboxylic acids is 1. The first-order chi connectivity index (χ1) is 13.3. The summed E-state index contributed by atoms with van der Waals surface area (Å²) in [6, 6.07) is 0. The summed E-state index contributed by atoms with van der Waals surface area (Å²) in [4.78, 5) is 12.6. The van der Waals surface area contributed by atoms with Gasteiger partial charge in [0.1, 0.15) is 5.78 Å². The van der Waals surface area contributed by atoms with Gasteiger partial charge in [0, 0.05) is 34.3 Å². The summed E-state index contributed by atoms with van der Waals surface area (Å²) in [6.45, 7) is 11.3. The summed E-state index contributed by atoms with van der Waals surface area (Å²) in [5, 5.41) is 16.8. The number of carbonyl (C=O) groups is 1. The first-order valence-electron chi connectivity index (χ1n) is 11.6. The molecule has 0 spiro atoms. The molecular formula is C24H37NO2S. The lowest BCUT2D eigenvalue weighted by Crippen LogP contribution is -2.63. The Morgan fingerprint density at radius 3 is 2.68 bits per heavy atom. The fourth-order valence-corrected chi connectivity index (χ4v) is 9.70. The third-order valence-corrected chi connectivity index (χ3v) is 11.5. The predicted molar refractivity (Wildman–Crippen MR) is 115 cm³/mol. The molecule has 4 aliphatic carbocycles. The van der Waals surface area contributed by atoms with Crippen molar-refractivity contribution in [1.82, 2.24) is 5.32 Å². The Balaban J connectivity index is 1.40. The van der Waals surface area contributed by atoms with Gasteiger partial charge in [-0.05, 0) is 81.2 Å². The van der Waals surface area contributed by atoms with Crippen LogP contribution < -0.4 is 5.32 Å². The summed E-state index contributed by atoms with van der Waals surface area (Å²) < 4.78 is 0. The second-order valence-corrected chi connectivity index (χ2v) is 12.6. The van der Waals surface area contributed by atoms with Crippen LogP contribution in [-0.4, -0.2) is 40.1 Å². The Bertz CT molecular complexity index is 688. The molecule has 5 rings (SSSR count). The summed E-state index contributed by atoms with van der Waals surface area (Å²) >= 11 is 2.12. The Kier molecular flexibility index (Phi) is 4.62. The minimum absolute atomic E-state index is 0.0645. The van der Waals surface area contributed by atoms with Crippen molar-refractivity contribution >= 4 is 17.5 Å². The number of Topliss-reactive ketones (excluding diaryl/α,β-unsaturated/α-hetero) is 1. The van der Waals surface area contributed by atoms with Gasteiger partial charge in [-0.3, -0.25) is 4.79 Å². The Morgan fingerprint density at radius 1 is 1.11 bits per heavy atom. The van der Waals surface area contributed by atoms with E-state index in [2.05, 4.69) is 37.5 Å². The van der Waals surface area contributed by atoms with E-state index in [1.165, 1.54) is 12.8 Å². The predicted octanol–water partition coefficient (Wildman–Crippen LogP) is 4.34. The Labute approximate surface area is 174 Å². The van der Waals surface area contributed by atoms with Crippen molar-refractivity contribution in [2.24, 2.45) is 28.6 Å². The molecule has 0 unspecified atom stereocenters. The highest BCUT2D eigenvalue weighted by Gasteiger charge is 2.65. The molecule has 0 aromatic rings. The van der Waals surface area contributed by atoms with Crippen molar-refractivity contribution in [3.8, 4) is 0 Å². The number of nitrogens with one attached hydrogen (secondary N) is 1. The van der Waals surface area contributed by atoms with Crippen LogP contribution in [0.25, 0.3) is 0 Å². The number of fused-ring (bicyclic) bond motifs is 5. The van der Waals surface area contributed by atoms with Crippen molar-refractivity contribution < 1.29 is 9.90 Å². The van der Waals surface area contributed by atoms with Crippen LogP contribution in [-0.2, 0) is 4.79 Å². The van der Waals surface area contributed by atoms with Crippen LogP contribution in [0.3, 0.4) is 0 Å². The van der Waals surface area contributed by atoms with E-state index in [4.69, 9.17) is 0 Å². The third kappa shape index (κ3) is 2.59. The van der Waals surface area contributed by atoms with Crippen LogP contribution in [0.15, 0.2) is 12.2 Å². The smallest absolute Gasteiger partial charge is 0.139 e. The molecule has 3 nitrogen and oxygen atoms in total. The molecule has 4 heteroatoms. The molecule has 0 bridgehead atoms. The Morgan fingerprint density at radius 2 is 1.93 bits per heavy atom. The molecule has 5 aliphatic rings. The molecule has 5 fully saturated rings. The minimum Gasteiger partial charge on any atom is -0.385 e. The molecule has 0 amide bonds. The van der Waals surface area contributed by atoms with E-state index >= 15 is 0 Å². The van der Waals surface area contributed by atoms with Crippen molar-refractivity contribution in [3.05, 3.63) is 12.2 Å². The molecule has 156 valence electrons. The molecule has 1 aliphatic heterocycles. The molecule has 2 N–H and O–H groups in total. The second-order valence-electron chi connectivity index (χ2n) is 11.0. The van der Waals surface area contributed by atoms with E-state index in [1.54, 1.807) is 0 Å². The van der Waals surface area contributed by atoms with E-state index < -0.39 is 5.60 Å². The van der Waals surface area contributed by atoms with Crippen molar-refractivity contribution in [3.63, 3.8) is 0 Å². The van der Waals surface area contributed by atoms with Crippen LogP contribution in [0.1, 0.15) is 71.6 Å². The molecule has 28 heavy (non-hydrogen) atoms. The SMILES string of the molecule is C=C1C[C@H]2[C@@H]3CCC(=O)[C@@]3(C)CC[C@@H]2[C@@]2(C)CC[C@@H](S[C@H]3CCNC3)C[C@]12O. The van der Waals surface area contributed by atoms with Gasteiger partial charge in [0.2, 0.25) is 0 Å². The van der Waals surface area contributed by atoms with Gasteiger partial charge >= 0.3 is 0 Å². The highest BCUT2D eigenvalue weighted by Crippen LogP contribution is 2.68. The zero-order valence-electron chi connectivity index (χ0n) is 17.6. The summed E-state index contributed by atoms with van der Waals surface area (Å²) in [5.74, 6) is 2.10. The Hall–Kier alpha value is -0.320. The maximum atomic E-state index is 12.6. The lowest BCUT2D eigenvalue weighted by atomic mass is 9.43. The molecule has 1 saturated heterocycles. The number of aliphatic hydroxyl groups is 1. The van der Waals surface area contributed by atoms with E-state index in [9.17, 15) is 9.90 Å². The quantitative estimate of drug-likeness (QED) is 0.673. The summed E-state index contributed by atoms with van der Waals surface area (Å²) in [5.41, 5.74) is 0.197. The zero-order chi connectivity index (χ0) is 19.7. The number of hydrogen-bond acceptors (Lipinski definition) is 4. The van der Waals surface area contributed by atoms with Crippen molar-refractivity contribution in [2.75, 3.05) is 13.1 Å². The third-order valence-electron chi connectivity index (χ3n) is 9.89. The first kappa shape index (κ1) is 19.6. The topological polar surface area (TPSA) is 49.3 Å². The normalized spacial score (nSPS) is 53.6. The monoisotopic (exact) mass is 403 g/mol. The number of ketones is 1. The van der Waals surface area contributed by atoms with E-state index in [0.717, 1.165) is 63.6 Å². The van der Waals surface area contributed by atoms with Crippen LogP contribution in [0, 0.1) is 28.6 Å². The van der Waals surface area contributed by atoms with Gasteiger partial charge in [-0.15, -0.1) is 0 Å². The van der Waals surface area contributed by atoms with Gasteiger partial charge in [0.05, 0.1) is 5.60 Å². The zero-order valence-corrected chi connectivity index (χ0v) is 18.5. The van der Waals surface area contributed by atoms with Gasteiger partial charge in [-0.2, -0.15) is 11.8 Å². The molecule has 0 radical (unpaired) electrons. The molecular weight excluding hydrogens is 366 g/mol. The number of hydrogen-bond donors (Lipinski definition) is 2. The largest absolute Gasteiger partial charge is 0.385 e. The van der Waals surface area contributed by atoms with Gasteiger partial charge in [-0.25, -0.2) is 0 Å². The van der Waals surface area contributed by atoms with E-state index in [-0.39, 0.29) is 10.8 Å². The average molecular weight is 404 g/mol. The highest BCUT2D eigenvalue weighted by molar-refractivity contribution is 8.00. The molecule has 4 saturated carbocycles. The molecule has 0 aromatic carbocycles. The van der Waals surface area contributed by atoms with Gasteiger partial charge in [0.15, 0.2) is 0 Å². The lowest BCUT2D eigenvalue weighted by Gasteiger charge is -2.64. The standard InChI is InChI=1S/C24H37NO2S/c1-15-12-18-19-4-5-21(26)22(19,2)9-7-20(18)23(3)10-6-16(13-24(15,23)27)28-17-8-11-25-14-17/h16-20,25,27H,1,4-14H2,2-3H3/t16-,17+,18+,19+,20+,22+,23-,24+/m1/s1. The van der Waals surface area contributed by atoms with Gasteiger partial charge in [-0.1, -0.05) is 20.4 Å². The number of thioether (sulfide) groups is 1. The van der Waals surface area contributed by atoms with Crippen LogP contribution in [0.4, 0.5) is 0 Å². The molecule has 1 heterocycles. The van der Waals surface area contributed by atoms with Crippen molar-refractivity contribution in [1.29, 1.82) is 0 Å². The minimum atomic E-state index is -0.716. The first-order valence-corrected chi connectivity index (χ1v) is 12.5. The van der Waals surface area contributed by atoms with Crippen LogP contribution >= 0.6 is 11.8 Å². The maximum absolute atomic E-state index is 12.6. The summed E-state index contributed by atoms with van der Waals surface area (Å²) in [7, 11) is 0. The summed E-state index contributed by atoms with van der Waals surface area (Å²) in [6.07, 6.45) is 9.38. The van der Waals surface area contributed by atoms with E-state index in [1.807, 2.05) is 0 Å². The van der Waals surface area contributed by atoms with Crippen LogP contribution in [0.2, 0.25) is 0 Å². The van der Waals surface area contributed by atoms with Crippen LogP contribution in [0.5, 0.6) is 0 Å². The average Bonchev–Trinajstić information content (AvgIpc) is 3.26. The van der Waals surface area contributed by atoms with E-state index in [0.29, 0.717) is 34.0 Å². The highest BCUT2D eigenvalue weighted by atomic mass is 32.2. The van der Waals surface area contributed by atoms with Gasteiger partial charge in [0.25, 0.3) is 0 Å². The van der Waals surface area contributed by atoms with Crippen molar-refractivity contribution in [2.45, 2.75) is 87.7 Å². The van der Waals surface area contributed by atoms with Gasteiger partial charge < -0.3 is 10.4 Å². The second kappa shape index (κ2) is 6.59.